The van der Waals surface area contributed by atoms with Crippen molar-refractivity contribution in [1.82, 2.24) is 9.80 Å². The van der Waals surface area contributed by atoms with E-state index in [0.717, 1.165) is 9.80 Å². The highest BCUT2D eigenvalue weighted by atomic mass is 16.2. The zero-order chi connectivity index (χ0) is 10.9. The van der Waals surface area contributed by atoms with Gasteiger partial charge in [0.05, 0.1) is 0 Å². The smallest absolute Gasteiger partial charge is 0.330 e. The summed E-state index contributed by atoms with van der Waals surface area (Å²) >= 11 is 0. The Kier molecular flexibility index (Phi) is 2.85. The van der Waals surface area contributed by atoms with Crippen molar-refractivity contribution in [2.45, 2.75) is 6.92 Å². The molecule has 2 N–H and O–H groups in total. The van der Waals surface area contributed by atoms with Crippen molar-refractivity contribution in [2.24, 2.45) is 11.7 Å². The number of hydrogen-bond acceptors (Lipinski definition) is 4. The normalized spacial score (nSPS) is 19.5. The van der Waals surface area contributed by atoms with Gasteiger partial charge in [0.2, 0.25) is 0 Å². The van der Waals surface area contributed by atoms with E-state index in [-0.39, 0.29) is 12.5 Å². The van der Waals surface area contributed by atoms with Crippen LogP contribution in [-0.4, -0.2) is 47.8 Å². The first kappa shape index (κ1) is 10.6. The minimum Gasteiger partial charge on any atom is -0.330 e. The quantitative estimate of drug-likeness (QED) is 0.467. The number of carbonyl (C=O) groups is 3. The minimum atomic E-state index is -0.778. The molecular weight excluding hydrogens is 186 g/mol. The van der Waals surface area contributed by atoms with Crippen LogP contribution in [0.1, 0.15) is 6.92 Å². The van der Waals surface area contributed by atoms with Crippen LogP contribution in [0.25, 0.3) is 0 Å². The summed E-state index contributed by atoms with van der Waals surface area (Å²) in [6.45, 7) is 2.38. The predicted octanol–water partition coefficient (Wildman–Crippen LogP) is -0.998. The lowest BCUT2D eigenvalue weighted by molar-refractivity contribution is -0.143. The van der Waals surface area contributed by atoms with Crippen LogP contribution >= 0.6 is 0 Å². The second-order valence-electron chi connectivity index (χ2n) is 3.40. The van der Waals surface area contributed by atoms with Gasteiger partial charge in [-0.3, -0.25) is 19.4 Å². The van der Waals surface area contributed by atoms with Gasteiger partial charge >= 0.3 is 17.8 Å². The van der Waals surface area contributed by atoms with Gasteiger partial charge in [0, 0.05) is 13.6 Å². The van der Waals surface area contributed by atoms with Gasteiger partial charge in [0.15, 0.2) is 0 Å². The molecule has 0 spiro atoms. The van der Waals surface area contributed by atoms with E-state index in [0.29, 0.717) is 6.54 Å². The molecule has 1 rings (SSSR count). The van der Waals surface area contributed by atoms with Gasteiger partial charge in [-0.05, 0) is 12.5 Å². The zero-order valence-electron chi connectivity index (χ0n) is 8.19. The maximum Gasteiger partial charge on any atom is 0.333 e. The lowest BCUT2D eigenvalue weighted by Crippen LogP contribution is -2.37. The zero-order valence-corrected chi connectivity index (χ0v) is 8.19. The Bertz CT molecular complexity index is 290. The van der Waals surface area contributed by atoms with E-state index in [1.54, 1.807) is 0 Å². The van der Waals surface area contributed by atoms with Gasteiger partial charge in [0.25, 0.3) is 0 Å². The Morgan fingerprint density at radius 1 is 1.29 bits per heavy atom. The molecule has 0 saturated carbocycles. The first-order valence-corrected chi connectivity index (χ1v) is 4.32. The molecule has 1 fully saturated rings. The van der Waals surface area contributed by atoms with Gasteiger partial charge < -0.3 is 5.73 Å². The third-order valence-electron chi connectivity index (χ3n) is 2.15. The summed E-state index contributed by atoms with van der Waals surface area (Å²) < 4.78 is 0. The number of rotatable bonds is 3. The number of nitrogens with zero attached hydrogens (tertiary/aromatic N) is 2. The fourth-order valence-corrected chi connectivity index (χ4v) is 1.16. The van der Waals surface area contributed by atoms with Crippen molar-refractivity contribution < 1.29 is 14.4 Å². The third-order valence-corrected chi connectivity index (χ3v) is 2.15. The average molecular weight is 199 g/mol. The summed E-state index contributed by atoms with van der Waals surface area (Å²) in [5, 5.41) is 0. The highest BCUT2D eigenvalue weighted by Crippen LogP contribution is 2.11. The fourth-order valence-electron chi connectivity index (χ4n) is 1.16. The van der Waals surface area contributed by atoms with Crippen LogP contribution in [0.3, 0.4) is 0 Å². The molecule has 0 aromatic carbocycles. The molecule has 0 radical (unpaired) electrons. The van der Waals surface area contributed by atoms with Crippen LogP contribution in [0.5, 0.6) is 0 Å². The maximum absolute atomic E-state index is 11.3. The van der Waals surface area contributed by atoms with Crippen LogP contribution in [-0.2, 0) is 9.59 Å². The lowest BCUT2D eigenvalue weighted by atomic mass is 10.2. The van der Waals surface area contributed by atoms with Crippen LogP contribution < -0.4 is 5.73 Å². The van der Waals surface area contributed by atoms with Crippen LogP contribution in [0.4, 0.5) is 4.79 Å². The summed E-state index contributed by atoms with van der Waals surface area (Å²) in [4.78, 5) is 35.4. The number of imide groups is 2. The molecule has 0 aliphatic carbocycles. The van der Waals surface area contributed by atoms with Crippen LogP contribution in [0.2, 0.25) is 0 Å². The molecular formula is C8H13N3O3. The van der Waals surface area contributed by atoms with Crippen LogP contribution in [0, 0.1) is 5.92 Å². The summed E-state index contributed by atoms with van der Waals surface area (Å²) in [7, 11) is 1.29. The molecule has 1 saturated heterocycles. The van der Waals surface area contributed by atoms with Crippen molar-refractivity contribution in [3.05, 3.63) is 0 Å². The van der Waals surface area contributed by atoms with Gasteiger partial charge in [-0.1, -0.05) is 6.92 Å². The molecule has 4 amide bonds. The Labute approximate surface area is 81.6 Å². The van der Waals surface area contributed by atoms with E-state index in [9.17, 15) is 14.4 Å². The predicted molar refractivity (Wildman–Crippen MR) is 48.1 cm³/mol. The highest BCUT2D eigenvalue weighted by Gasteiger charge is 2.42. The Morgan fingerprint density at radius 2 is 1.86 bits per heavy atom. The molecule has 1 aliphatic rings. The van der Waals surface area contributed by atoms with Gasteiger partial charge in [-0.25, -0.2) is 4.79 Å². The molecule has 1 unspecified atom stereocenters. The molecule has 0 bridgehead atoms. The monoisotopic (exact) mass is 199 g/mol. The molecule has 0 aromatic rings. The molecule has 0 aromatic heterocycles. The van der Waals surface area contributed by atoms with Gasteiger partial charge in [0.1, 0.15) is 0 Å². The fraction of sp³-hybridized carbons (Fsp3) is 0.625. The van der Waals surface area contributed by atoms with Crippen molar-refractivity contribution in [3.8, 4) is 0 Å². The largest absolute Gasteiger partial charge is 0.333 e. The number of likely N-dealkylation sites (N-methyl/N-ethyl adjacent to an activating group) is 1. The number of nitrogens with two attached hydrogens (primary N) is 1. The average Bonchev–Trinajstić information content (AvgIpc) is 2.35. The lowest BCUT2D eigenvalue weighted by Gasteiger charge is -2.16. The molecule has 14 heavy (non-hydrogen) atoms. The SMILES string of the molecule is CC(CN)CN1C(=O)C(=O)N(C)C1=O. The van der Waals surface area contributed by atoms with Gasteiger partial charge in [-0.2, -0.15) is 0 Å². The maximum atomic E-state index is 11.3. The van der Waals surface area contributed by atoms with E-state index >= 15 is 0 Å². The topological polar surface area (TPSA) is 83.7 Å². The van der Waals surface area contributed by atoms with E-state index in [2.05, 4.69) is 0 Å². The molecule has 1 aliphatic heterocycles. The summed E-state index contributed by atoms with van der Waals surface area (Å²) in [6, 6.07) is -0.569. The molecule has 1 heterocycles. The van der Waals surface area contributed by atoms with Gasteiger partial charge in [-0.15, -0.1) is 0 Å². The Morgan fingerprint density at radius 3 is 2.21 bits per heavy atom. The Hall–Kier alpha value is -1.43. The summed E-state index contributed by atoms with van der Waals surface area (Å²) in [5.74, 6) is -1.54. The third kappa shape index (κ3) is 1.60. The van der Waals surface area contributed by atoms with Crippen molar-refractivity contribution in [2.75, 3.05) is 20.1 Å². The number of hydrogen-bond donors (Lipinski definition) is 1. The second kappa shape index (κ2) is 3.75. The van der Waals surface area contributed by atoms with Crippen molar-refractivity contribution in [3.63, 3.8) is 0 Å². The first-order valence-electron chi connectivity index (χ1n) is 4.32. The summed E-state index contributed by atoms with van der Waals surface area (Å²) in [6.07, 6.45) is 0. The first-order chi connectivity index (χ1) is 6.49. The molecule has 6 nitrogen and oxygen atoms in total. The van der Waals surface area contributed by atoms with E-state index in [1.165, 1.54) is 7.05 Å². The molecule has 78 valence electrons. The number of amides is 4. The highest BCUT2D eigenvalue weighted by molar-refractivity contribution is 6.44. The van der Waals surface area contributed by atoms with Crippen molar-refractivity contribution in [1.29, 1.82) is 0 Å². The van der Waals surface area contributed by atoms with E-state index in [1.807, 2.05) is 6.92 Å². The number of urea groups is 1. The summed E-state index contributed by atoms with van der Waals surface area (Å²) in [5.41, 5.74) is 5.36. The molecule has 6 heteroatoms. The standard InChI is InChI=1S/C8H13N3O3/c1-5(3-9)4-11-7(13)6(12)10(2)8(11)14/h5H,3-4,9H2,1-2H3. The van der Waals surface area contributed by atoms with Crippen molar-refractivity contribution >= 4 is 17.8 Å². The van der Waals surface area contributed by atoms with E-state index < -0.39 is 17.8 Å². The number of carbonyl (C=O) groups excluding carboxylic acids is 3. The Balaban J connectivity index is 2.75. The molecule has 1 atom stereocenters. The van der Waals surface area contributed by atoms with E-state index in [4.69, 9.17) is 5.73 Å². The minimum absolute atomic E-state index is 0.00204. The van der Waals surface area contributed by atoms with Crippen LogP contribution in [0.15, 0.2) is 0 Å². The second-order valence-corrected chi connectivity index (χ2v) is 3.40.